The molecule has 2 N–H and O–H groups in total. The van der Waals surface area contributed by atoms with E-state index in [0.29, 0.717) is 24.7 Å². The third kappa shape index (κ3) is 7.55. The zero-order valence-corrected chi connectivity index (χ0v) is 16.3. The Morgan fingerprint density at radius 3 is 1.29 bits per heavy atom. The largest absolute Gasteiger partial charge is 0.481 e. The van der Waals surface area contributed by atoms with Crippen LogP contribution in [0.5, 0.6) is 0 Å². The Balaban J connectivity index is 2.18. The number of carboxylic acid groups (broad SMARTS) is 2. The van der Waals surface area contributed by atoms with Crippen LogP contribution in [0.4, 0.5) is 0 Å². The second-order valence-corrected chi connectivity index (χ2v) is 7.31. The highest BCUT2D eigenvalue weighted by Crippen LogP contribution is 2.40. The molecule has 4 nitrogen and oxygen atoms in total. The molecular formula is C24H30O4. The van der Waals surface area contributed by atoms with Gasteiger partial charge in [0.25, 0.3) is 0 Å². The summed E-state index contributed by atoms with van der Waals surface area (Å²) in [5, 5.41) is 17.8. The van der Waals surface area contributed by atoms with E-state index >= 15 is 0 Å². The van der Waals surface area contributed by atoms with E-state index in [0.717, 1.165) is 25.7 Å². The Kier molecular flexibility index (Phi) is 9.26. The van der Waals surface area contributed by atoms with Crippen molar-refractivity contribution in [3.05, 3.63) is 71.8 Å². The van der Waals surface area contributed by atoms with Gasteiger partial charge in [-0.25, -0.2) is 0 Å². The van der Waals surface area contributed by atoms with Crippen LogP contribution in [-0.2, 0) is 9.59 Å². The maximum atomic E-state index is 10.9. The van der Waals surface area contributed by atoms with Crippen molar-refractivity contribution in [2.75, 3.05) is 0 Å². The first-order chi connectivity index (χ1) is 13.6. The maximum Gasteiger partial charge on any atom is 0.303 e. The number of benzene rings is 2. The molecule has 0 aliphatic heterocycles. The van der Waals surface area contributed by atoms with Crippen molar-refractivity contribution in [2.24, 2.45) is 0 Å². The molecule has 0 bridgehead atoms. The molecule has 2 aromatic rings. The fraction of sp³-hybridized carbons (Fsp3) is 0.417. The molecular weight excluding hydrogens is 352 g/mol. The van der Waals surface area contributed by atoms with E-state index in [2.05, 4.69) is 24.3 Å². The highest BCUT2D eigenvalue weighted by Gasteiger charge is 2.24. The van der Waals surface area contributed by atoms with Crippen LogP contribution in [0.25, 0.3) is 0 Å². The van der Waals surface area contributed by atoms with Gasteiger partial charge in [0.1, 0.15) is 0 Å². The smallest absolute Gasteiger partial charge is 0.303 e. The van der Waals surface area contributed by atoms with Gasteiger partial charge in [-0.2, -0.15) is 0 Å². The highest BCUT2D eigenvalue weighted by atomic mass is 16.4. The Morgan fingerprint density at radius 2 is 0.964 bits per heavy atom. The fourth-order valence-electron chi connectivity index (χ4n) is 3.88. The minimum absolute atomic E-state index is 0.204. The van der Waals surface area contributed by atoms with Crippen molar-refractivity contribution in [3.8, 4) is 0 Å². The van der Waals surface area contributed by atoms with E-state index in [1.165, 1.54) is 11.1 Å². The van der Waals surface area contributed by atoms with Crippen LogP contribution in [-0.4, -0.2) is 22.2 Å². The molecule has 0 saturated heterocycles. The topological polar surface area (TPSA) is 74.6 Å². The van der Waals surface area contributed by atoms with Gasteiger partial charge in [-0.05, 0) is 48.6 Å². The average Bonchev–Trinajstić information content (AvgIpc) is 2.70. The lowest BCUT2D eigenvalue weighted by Gasteiger charge is -2.28. The van der Waals surface area contributed by atoms with Gasteiger partial charge in [0.15, 0.2) is 0 Å². The number of carbonyl (C=O) groups is 2. The Hall–Kier alpha value is -2.62. The van der Waals surface area contributed by atoms with Crippen molar-refractivity contribution < 1.29 is 19.8 Å². The first-order valence-electron chi connectivity index (χ1n) is 10.1. The van der Waals surface area contributed by atoms with Crippen LogP contribution in [0.2, 0.25) is 0 Å². The molecule has 0 saturated carbocycles. The Bertz CT molecular complexity index is 648. The van der Waals surface area contributed by atoms with Gasteiger partial charge >= 0.3 is 11.9 Å². The summed E-state index contributed by atoms with van der Waals surface area (Å²) in [6.07, 6.45) is 5.35. The van der Waals surface area contributed by atoms with Crippen LogP contribution in [0.1, 0.15) is 74.3 Å². The molecule has 0 radical (unpaired) electrons. The molecule has 28 heavy (non-hydrogen) atoms. The lowest BCUT2D eigenvalue weighted by molar-refractivity contribution is -0.138. The van der Waals surface area contributed by atoms with Crippen molar-refractivity contribution in [1.82, 2.24) is 0 Å². The number of unbranched alkanes of at least 4 members (excludes halogenated alkanes) is 2. The van der Waals surface area contributed by atoms with E-state index in [1.807, 2.05) is 36.4 Å². The Morgan fingerprint density at radius 1 is 0.607 bits per heavy atom. The molecule has 0 amide bonds. The molecule has 2 rings (SSSR count). The third-order valence-corrected chi connectivity index (χ3v) is 5.25. The predicted molar refractivity (Wildman–Crippen MR) is 111 cm³/mol. The number of hydrogen-bond acceptors (Lipinski definition) is 2. The van der Waals surface area contributed by atoms with Crippen LogP contribution < -0.4 is 0 Å². The average molecular weight is 383 g/mol. The zero-order chi connectivity index (χ0) is 20.2. The number of carboxylic acids is 2. The fourth-order valence-corrected chi connectivity index (χ4v) is 3.88. The lowest BCUT2D eigenvalue weighted by Crippen LogP contribution is -2.13. The SMILES string of the molecule is O=C(O)CCCCC(c1ccccc1)C(CCCCC(=O)O)c1ccccc1. The van der Waals surface area contributed by atoms with E-state index < -0.39 is 11.9 Å². The first-order valence-corrected chi connectivity index (χ1v) is 10.1. The van der Waals surface area contributed by atoms with E-state index in [9.17, 15) is 9.59 Å². The van der Waals surface area contributed by atoms with Gasteiger partial charge in [0.05, 0.1) is 0 Å². The Labute approximate surface area is 167 Å². The van der Waals surface area contributed by atoms with Gasteiger partial charge < -0.3 is 10.2 Å². The van der Waals surface area contributed by atoms with Crippen LogP contribution in [0, 0.1) is 0 Å². The lowest BCUT2D eigenvalue weighted by atomic mass is 9.76. The first kappa shape index (κ1) is 21.7. The standard InChI is InChI=1S/C24H30O4/c25-23(26)17-9-7-15-21(19-11-3-1-4-12-19)22(16-8-10-18-24(27)28)20-13-5-2-6-14-20/h1-6,11-14,21-22H,7-10,15-18H2,(H,25,26)(H,27,28). The molecule has 0 aliphatic carbocycles. The number of hydrogen-bond donors (Lipinski definition) is 2. The number of aliphatic carboxylic acids is 2. The zero-order valence-electron chi connectivity index (χ0n) is 16.3. The molecule has 2 aromatic carbocycles. The minimum Gasteiger partial charge on any atom is -0.481 e. The molecule has 150 valence electrons. The summed E-state index contributed by atoms with van der Waals surface area (Å²) in [5.41, 5.74) is 2.54. The molecule has 0 aliphatic rings. The summed E-state index contributed by atoms with van der Waals surface area (Å²) < 4.78 is 0. The van der Waals surface area contributed by atoms with Crippen LogP contribution >= 0.6 is 0 Å². The van der Waals surface area contributed by atoms with Gasteiger partial charge in [-0.1, -0.05) is 73.5 Å². The summed E-state index contributed by atoms with van der Waals surface area (Å²) in [4.78, 5) is 21.7. The summed E-state index contributed by atoms with van der Waals surface area (Å²) >= 11 is 0. The third-order valence-electron chi connectivity index (χ3n) is 5.25. The van der Waals surface area contributed by atoms with E-state index in [1.54, 1.807) is 0 Å². The normalized spacial score (nSPS) is 13.0. The van der Waals surface area contributed by atoms with Gasteiger partial charge in [-0.15, -0.1) is 0 Å². The van der Waals surface area contributed by atoms with E-state index in [4.69, 9.17) is 10.2 Å². The second kappa shape index (κ2) is 12.0. The molecule has 0 heterocycles. The van der Waals surface area contributed by atoms with E-state index in [-0.39, 0.29) is 12.8 Å². The molecule has 2 unspecified atom stereocenters. The van der Waals surface area contributed by atoms with Crippen molar-refractivity contribution in [1.29, 1.82) is 0 Å². The van der Waals surface area contributed by atoms with Gasteiger partial charge in [0.2, 0.25) is 0 Å². The molecule has 0 fully saturated rings. The minimum atomic E-state index is -0.746. The molecule has 2 atom stereocenters. The van der Waals surface area contributed by atoms with Crippen molar-refractivity contribution in [2.45, 2.75) is 63.2 Å². The monoisotopic (exact) mass is 382 g/mol. The van der Waals surface area contributed by atoms with Crippen molar-refractivity contribution >= 4 is 11.9 Å². The van der Waals surface area contributed by atoms with Crippen LogP contribution in [0.3, 0.4) is 0 Å². The number of rotatable bonds is 13. The maximum absolute atomic E-state index is 10.9. The quantitative estimate of drug-likeness (QED) is 0.427. The molecule has 4 heteroatoms. The summed E-state index contributed by atoms with van der Waals surface area (Å²) in [6, 6.07) is 20.8. The summed E-state index contributed by atoms with van der Waals surface area (Å²) in [7, 11) is 0. The summed E-state index contributed by atoms with van der Waals surface area (Å²) in [6.45, 7) is 0. The van der Waals surface area contributed by atoms with Gasteiger partial charge in [-0.3, -0.25) is 9.59 Å². The second-order valence-electron chi connectivity index (χ2n) is 7.31. The molecule has 0 spiro atoms. The predicted octanol–water partition coefficient (Wildman–Crippen LogP) is 5.84. The van der Waals surface area contributed by atoms with Crippen molar-refractivity contribution in [3.63, 3.8) is 0 Å². The highest BCUT2D eigenvalue weighted by molar-refractivity contribution is 5.66. The summed E-state index contributed by atoms with van der Waals surface area (Å²) in [5.74, 6) is -0.904. The molecule has 0 aromatic heterocycles. The van der Waals surface area contributed by atoms with Gasteiger partial charge in [0, 0.05) is 12.8 Å². The van der Waals surface area contributed by atoms with Crippen LogP contribution in [0.15, 0.2) is 60.7 Å².